The van der Waals surface area contributed by atoms with Gasteiger partial charge in [0.25, 0.3) is 0 Å². The minimum Gasteiger partial charge on any atom is -0.476 e. The lowest BCUT2D eigenvalue weighted by atomic mass is 9.87. The number of carboxylic acids is 1. The van der Waals surface area contributed by atoms with Crippen LogP contribution in [0.1, 0.15) is 40.3 Å². The lowest BCUT2D eigenvalue weighted by Gasteiger charge is -2.30. The van der Waals surface area contributed by atoms with E-state index in [9.17, 15) is 67.5 Å². The maximum Gasteiger partial charge on any atom is 0.481 e. The quantitative estimate of drug-likeness (QED) is 0.0404. The monoisotopic (exact) mass is 897 g/mol. The lowest BCUT2D eigenvalue weighted by Crippen LogP contribution is -2.46. The summed E-state index contributed by atoms with van der Waals surface area (Å²) < 4.78 is 61.8. The Bertz CT molecular complexity index is 1900. The van der Waals surface area contributed by atoms with Gasteiger partial charge in [-0.05, 0) is 0 Å². The van der Waals surface area contributed by atoms with Crippen LogP contribution in [0.5, 0.6) is 0 Å². The number of nitrogens with one attached hydrogen (secondary N) is 2. The first kappa shape index (κ1) is 49.8. The molecular formula is C26H42N7O20P3S. The number of nitrogen functional groups attached to an aromatic ring is 1. The summed E-state index contributed by atoms with van der Waals surface area (Å²) >= 11 is 1.03. The minimum atomic E-state index is -5.56. The Kier molecular flexibility index (Phi) is 18.5. The first-order chi connectivity index (χ1) is 26.2. The number of ether oxygens (including phenoxy) is 1. The number of imidazole rings is 1. The number of Topliss-reactive ketones (excluding diaryl/α,β-unsaturated/α-hetero) is 1. The van der Waals surface area contributed by atoms with Crippen LogP contribution in [-0.4, -0.2) is 140 Å². The molecule has 1 aliphatic heterocycles. The average molecular weight is 898 g/mol. The Morgan fingerprint density at radius 2 is 1.63 bits per heavy atom. The largest absolute Gasteiger partial charge is 0.481 e. The molecule has 1 saturated heterocycles. The third-order valence-electron chi connectivity index (χ3n) is 7.11. The number of nitrogens with two attached hydrogens (primary N) is 1. The zero-order chi connectivity index (χ0) is 43.5. The highest BCUT2D eigenvalue weighted by Crippen LogP contribution is 2.61. The Morgan fingerprint density at radius 3 is 2.21 bits per heavy atom. The summed E-state index contributed by atoms with van der Waals surface area (Å²) in [6, 6.07) is 0. The third kappa shape index (κ3) is 16.5. The highest BCUT2D eigenvalue weighted by atomic mass is 32.2. The van der Waals surface area contributed by atoms with Gasteiger partial charge in [0.1, 0.15) is 36.3 Å². The number of anilines is 1. The molecule has 3 rings (SSSR count). The molecule has 2 unspecified atom stereocenters. The zero-order valence-electron chi connectivity index (χ0n) is 30.3. The number of carbonyl (C=O) groups is 5. The fourth-order valence-corrected chi connectivity index (χ4v) is 7.65. The van der Waals surface area contributed by atoms with Gasteiger partial charge in [-0.1, -0.05) is 25.6 Å². The molecule has 0 radical (unpaired) electrons. The van der Waals surface area contributed by atoms with Crippen LogP contribution in [0.15, 0.2) is 12.7 Å². The van der Waals surface area contributed by atoms with Crippen LogP contribution in [0.4, 0.5) is 5.82 Å². The number of phosphoric ester groups is 3. The Balaban J connectivity index is 0.00000173. The van der Waals surface area contributed by atoms with Gasteiger partial charge in [-0.25, -0.2) is 33.4 Å². The maximum absolute atomic E-state index is 12.6. The van der Waals surface area contributed by atoms with Gasteiger partial charge in [0.15, 0.2) is 22.8 Å². The van der Waals surface area contributed by atoms with Gasteiger partial charge in [-0.2, -0.15) is 4.31 Å². The van der Waals surface area contributed by atoms with Crippen LogP contribution < -0.4 is 16.4 Å². The van der Waals surface area contributed by atoms with Crippen molar-refractivity contribution in [2.75, 3.05) is 37.8 Å². The summed E-state index contributed by atoms with van der Waals surface area (Å²) in [7, 11) is -16.4. The summed E-state index contributed by atoms with van der Waals surface area (Å²) in [5.74, 6) is -3.29. The van der Waals surface area contributed by atoms with E-state index in [1.54, 1.807) is 0 Å². The van der Waals surface area contributed by atoms with Crippen molar-refractivity contribution in [1.82, 2.24) is 30.2 Å². The number of aliphatic hydroxyl groups excluding tert-OH is 2. The van der Waals surface area contributed by atoms with Gasteiger partial charge < -0.3 is 56.0 Å². The predicted molar refractivity (Wildman–Crippen MR) is 191 cm³/mol. The molecule has 0 spiro atoms. The van der Waals surface area contributed by atoms with Crippen LogP contribution in [-0.2, 0) is 60.3 Å². The topological polar surface area (TPSA) is 418 Å². The average Bonchev–Trinajstić information content (AvgIpc) is 3.64. The molecule has 1 fully saturated rings. The minimum absolute atomic E-state index is 0.0310. The number of amides is 2. The first-order valence-corrected chi connectivity index (χ1v) is 21.4. The molecule has 7 atom stereocenters. The number of aliphatic hydroxyl groups is 2. The van der Waals surface area contributed by atoms with E-state index in [0.717, 1.165) is 35.9 Å². The number of rotatable bonds is 20. The van der Waals surface area contributed by atoms with E-state index in [4.69, 9.17) is 24.6 Å². The molecule has 0 saturated carbocycles. The second-order valence-electron chi connectivity index (χ2n) is 12.3. The number of hydrogen-bond acceptors (Lipinski definition) is 20. The normalized spacial score (nSPS) is 21.0. The van der Waals surface area contributed by atoms with Crippen molar-refractivity contribution < 1.29 is 95.2 Å². The molecule has 31 heteroatoms. The van der Waals surface area contributed by atoms with Crippen LogP contribution in [0.25, 0.3) is 11.2 Å². The zero-order valence-corrected chi connectivity index (χ0v) is 33.8. The number of aromatic nitrogens is 4. The molecule has 2 aromatic heterocycles. The second kappa shape index (κ2) is 21.1. The SMILES string of the molecule is CC(=O)C(=O)O.CC(=O)SCCNC(=O)CCNC(=O)[C@H](O)C(C)(C)COP(=O)(O)OP(=O)(O)OC[C@H]1O[C@@H](n2cnc3c(N)ncnc32)[C@H](O)[C@@H]1OP(=O)(O)O. The third-order valence-corrected chi connectivity index (χ3v) is 11.0. The van der Waals surface area contributed by atoms with E-state index in [1.165, 1.54) is 20.8 Å². The van der Waals surface area contributed by atoms with E-state index in [-0.39, 0.29) is 41.6 Å². The van der Waals surface area contributed by atoms with Crippen molar-refractivity contribution >= 4 is 80.9 Å². The van der Waals surface area contributed by atoms with Crippen molar-refractivity contribution in [2.24, 2.45) is 5.41 Å². The van der Waals surface area contributed by atoms with E-state index in [1.807, 2.05) is 0 Å². The fourth-order valence-electron chi connectivity index (χ4n) is 4.32. The number of ketones is 1. The van der Waals surface area contributed by atoms with E-state index < -0.39 is 96.3 Å². The van der Waals surface area contributed by atoms with Gasteiger partial charge in [0.2, 0.25) is 17.6 Å². The molecule has 322 valence electrons. The number of aliphatic carboxylic acids is 1. The summed E-state index contributed by atoms with van der Waals surface area (Å²) in [5.41, 5.74) is 4.26. The molecule has 0 bridgehead atoms. The summed E-state index contributed by atoms with van der Waals surface area (Å²) in [5, 5.41) is 33.7. The number of nitrogens with zero attached hydrogens (tertiary/aromatic N) is 4. The Labute approximate surface area is 326 Å². The van der Waals surface area contributed by atoms with Gasteiger partial charge in [-0.3, -0.25) is 37.3 Å². The van der Waals surface area contributed by atoms with Crippen LogP contribution >= 0.6 is 35.2 Å². The van der Waals surface area contributed by atoms with Crippen molar-refractivity contribution in [2.45, 2.75) is 64.8 Å². The van der Waals surface area contributed by atoms with Crippen molar-refractivity contribution in [3.05, 3.63) is 12.7 Å². The lowest BCUT2D eigenvalue weighted by molar-refractivity contribution is -0.148. The summed E-state index contributed by atoms with van der Waals surface area (Å²) in [6.45, 7) is 2.90. The molecule has 0 aromatic carbocycles. The molecule has 27 nitrogen and oxygen atoms in total. The number of hydrogen-bond donors (Lipinski definition) is 10. The number of thioether (sulfide) groups is 1. The molecule has 3 heterocycles. The predicted octanol–water partition coefficient (Wildman–Crippen LogP) is -1.66. The highest BCUT2D eigenvalue weighted by molar-refractivity contribution is 8.13. The molecule has 2 aromatic rings. The fraction of sp³-hybridized carbons (Fsp3) is 0.615. The standard InChI is InChI=1S/C23H38N7O17P3S.C3H4O3/c1-12(31)51-7-6-25-14(32)4-5-26-21(35)18(34)23(2,3)9-44-50(41,42)47-49(39,40)43-8-13-17(46-48(36,37)38)16(33)22(45-13)30-11-29-15-19(24)27-10-28-20(15)30;1-2(4)3(5)6/h10-11,13,16-18,22,33-34H,4-9H2,1-3H3,(H,25,32)(H,26,35)(H,39,40)(H,41,42)(H2,24,27,28)(H2,36,37,38);1H3,(H,5,6)/t13-,16-,17-,18+,22-;/m1./s1. The van der Waals surface area contributed by atoms with E-state index >= 15 is 0 Å². The Hall–Kier alpha value is -3.30. The van der Waals surface area contributed by atoms with Crippen LogP contribution in [0.3, 0.4) is 0 Å². The summed E-state index contributed by atoms with van der Waals surface area (Å²) in [4.78, 5) is 105. The van der Waals surface area contributed by atoms with Gasteiger partial charge >= 0.3 is 29.4 Å². The van der Waals surface area contributed by atoms with Crippen molar-refractivity contribution in [3.63, 3.8) is 0 Å². The number of carboxylic acid groups (broad SMARTS) is 1. The van der Waals surface area contributed by atoms with Crippen LogP contribution in [0.2, 0.25) is 0 Å². The van der Waals surface area contributed by atoms with Gasteiger partial charge in [-0.15, -0.1) is 0 Å². The van der Waals surface area contributed by atoms with Crippen molar-refractivity contribution in [3.8, 4) is 0 Å². The number of fused-ring (bicyclic) bond motifs is 1. The molecule has 57 heavy (non-hydrogen) atoms. The van der Waals surface area contributed by atoms with E-state index in [0.29, 0.717) is 5.75 Å². The van der Waals surface area contributed by atoms with E-state index in [2.05, 4.69) is 34.4 Å². The summed E-state index contributed by atoms with van der Waals surface area (Å²) in [6.07, 6.45) is -6.88. The smallest absolute Gasteiger partial charge is 0.476 e. The van der Waals surface area contributed by atoms with Crippen LogP contribution in [0, 0.1) is 5.41 Å². The molecule has 1 aliphatic rings. The molecule has 2 amide bonds. The molecule has 11 N–H and O–H groups in total. The van der Waals surface area contributed by atoms with Gasteiger partial charge in [0.05, 0.1) is 19.5 Å². The number of carbonyl (C=O) groups excluding carboxylic acids is 4. The second-order valence-corrected chi connectivity index (χ2v) is 17.8. The first-order valence-electron chi connectivity index (χ1n) is 15.9. The highest BCUT2D eigenvalue weighted by Gasteiger charge is 2.50. The van der Waals surface area contributed by atoms with Crippen molar-refractivity contribution in [1.29, 1.82) is 0 Å². The van der Waals surface area contributed by atoms with Gasteiger partial charge in [0, 0.05) is 44.5 Å². The maximum atomic E-state index is 12.6. The molecular weight excluding hydrogens is 855 g/mol. The number of phosphoric acid groups is 3. The molecule has 0 aliphatic carbocycles. The Morgan fingerprint density at radius 1 is 1.02 bits per heavy atom.